The smallest absolute Gasteiger partial charge is 0.224 e. The SMILES string of the molecule is O=C(CCCS(=O)(=O)Cc1ccccc1)Nc1cccc(-c2nc3ccccc3s2)c1. The van der Waals surface area contributed by atoms with Crippen molar-refractivity contribution in [2.45, 2.75) is 18.6 Å². The van der Waals surface area contributed by atoms with Crippen LogP contribution in [0.1, 0.15) is 18.4 Å². The van der Waals surface area contributed by atoms with Crippen LogP contribution in [0.5, 0.6) is 0 Å². The summed E-state index contributed by atoms with van der Waals surface area (Å²) in [5.74, 6) is -0.211. The van der Waals surface area contributed by atoms with Crippen LogP contribution in [0.4, 0.5) is 5.69 Å². The summed E-state index contributed by atoms with van der Waals surface area (Å²) >= 11 is 1.60. The lowest BCUT2D eigenvalue weighted by Crippen LogP contribution is -2.15. The Kier molecular flexibility index (Phi) is 6.44. The molecule has 158 valence electrons. The number of anilines is 1. The van der Waals surface area contributed by atoms with E-state index in [-0.39, 0.29) is 23.8 Å². The zero-order chi connectivity index (χ0) is 21.7. The van der Waals surface area contributed by atoms with Gasteiger partial charge in [-0.3, -0.25) is 4.79 Å². The Labute approximate surface area is 185 Å². The summed E-state index contributed by atoms with van der Waals surface area (Å²) in [4.78, 5) is 17.0. The number of carbonyl (C=O) groups is 1. The van der Waals surface area contributed by atoms with Crippen molar-refractivity contribution in [3.63, 3.8) is 0 Å². The molecule has 0 unspecified atom stereocenters. The maximum absolute atomic E-state index is 12.3. The third-order valence-corrected chi connectivity index (χ3v) is 7.55. The minimum absolute atomic E-state index is 0.000326. The molecule has 31 heavy (non-hydrogen) atoms. The molecule has 4 aromatic rings. The summed E-state index contributed by atoms with van der Waals surface area (Å²) in [6.07, 6.45) is 0.442. The molecule has 0 bridgehead atoms. The van der Waals surface area contributed by atoms with E-state index in [2.05, 4.69) is 10.3 Å². The van der Waals surface area contributed by atoms with Gasteiger partial charge in [-0.2, -0.15) is 0 Å². The van der Waals surface area contributed by atoms with Crippen molar-refractivity contribution in [1.29, 1.82) is 0 Å². The number of hydrogen-bond acceptors (Lipinski definition) is 5. The first kappa shape index (κ1) is 21.2. The molecule has 1 aromatic heterocycles. The van der Waals surface area contributed by atoms with Gasteiger partial charge in [0, 0.05) is 17.7 Å². The number of nitrogens with one attached hydrogen (secondary N) is 1. The number of amides is 1. The van der Waals surface area contributed by atoms with Crippen LogP contribution in [0.2, 0.25) is 0 Å². The lowest BCUT2D eigenvalue weighted by atomic mass is 10.2. The Morgan fingerprint density at radius 1 is 0.935 bits per heavy atom. The molecule has 0 saturated carbocycles. The zero-order valence-electron chi connectivity index (χ0n) is 16.8. The largest absolute Gasteiger partial charge is 0.326 e. The lowest BCUT2D eigenvalue weighted by Gasteiger charge is -2.07. The lowest BCUT2D eigenvalue weighted by molar-refractivity contribution is -0.116. The molecule has 0 aliphatic carbocycles. The highest BCUT2D eigenvalue weighted by molar-refractivity contribution is 7.90. The van der Waals surface area contributed by atoms with Gasteiger partial charge < -0.3 is 5.32 Å². The molecule has 0 atom stereocenters. The first-order valence-corrected chi connectivity index (χ1v) is 12.6. The minimum atomic E-state index is -3.25. The number of rotatable bonds is 8. The van der Waals surface area contributed by atoms with Gasteiger partial charge in [0.1, 0.15) is 5.01 Å². The number of nitrogens with zero attached hydrogens (tertiary/aromatic N) is 1. The van der Waals surface area contributed by atoms with E-state index >= 15 is 0 Å². The summed E-state index contributed by atoms with van der Waals surface area (Å²) in [6, 6.07) is 24.6. The second kappa shape index (κ2) is 9.41. The molecular weight excluding hydrogens is 428 g/mol. The summed E-state index contributed by atoms with van der Waals surface area (Å²) in [5.41, 5.74) is 3.32. The molecule has 0 aliphatic rings. The number of carbonyl (C=O) groups excluding carboxylic acids is 1. The number of thiazole rings is 1. The van der Waals surface area contributed by atoms with Crippen molar-refractivity contribution in [2.75, 3.05) is 11.1 Å². The van der Waals surface area contributed by atoms with Crippen LogP contribution in [0.3, 0.4) is 0 Å². The Morgan fingerprint density at radius 2 is 1.71 bits per heavy atom. The molecule has 1 heterocycles. The molecule has 0 fully saturated rings. The van der Waals surface area contributed by atoms with Crippen molar-refractivity contribution in [3.05, 3.63) is 84.4 Å². The normalized spacial score (nSPS) is 11.5. The summed E-state index contributed by atoms with van der Waals surface area (Å²) in [7, 11) is -3.25. The molecule has 1 amide bonds. The third kappa shape index (κ3) is 5.77. The molecule has 4 rings (SSSR count). The Bertz CT molecular complexity index is 1270. The molecule has 0 radical (unpaired) electrons. The summed E-state index contributed by atoms with van der Waals surface area (Å²) in [5, 5.41) is 3.76. The van der Waals surface area contributed by atoms with Gasteiger partial charge in [-0.25, -0.2) is 13.4 Å². The number of aromatic nitrogens is 1. The highest BCUT2D eigenvalue weighted by Gasteiger charge is 2.13. The van der Waals surface area contributed by atoms with Crippen LogP contribution in [0.25, 0.3) is 20.8 Å². The standard InChI is InChI=1S/C24H22N2O3S2/c27-23(14-7-15-31(28,29)17-18-8-2-1-3-9-18)25-20-11-6-10-19(16-20)24-26-21-12-4-5-13-22(21)30-24/h1-6,8-13,16H,7,14-15,17H2,(H,25,27). The van der Waals surface area contributed by atoms with E-state index in [9.17, 15) is 13.2 Å². The molecule has 5 nitrogen and oxygen atoms in total. The zero-order valence-corrected chi connectivity index (χ0v) is 18.5. The predicted octanol–water partition coefficient (Wildman–Crippen LogP) is 5.30. The Hall–Kier alpha value is -3.03. The van der Waals surface area contributed by atoms with E-state index in [1.165, 1.54) is 0 Å². The van der Waals surface area contributed by atoms with Crippen LogP contribution in [-0.4, -0.2) is 25.1 Å². The average Bonchev–Trinajstić information content (AvgIpc) is 3.18. The molecule has 7 heteroatoms. The van der Waals surface area contributed by atoms with Gasteiger partial charge in [0.15, 0.2) is 9.84 Å². The van der Waals surface area contributed by atoms with Crippen molar-refractivity contribution in [1.82, 2.24) is 4.98 Å². The monoisotopic (exact) mass is 450 g/mol. The number of sulfone groups is 1. The van der Waals surface area contributed by atoms with Crippen LogP contribution in [0.15, 0.2) is 78.9 Å². The van der Waals surface area contributed by atoms with E-state index in [0.29, 0.717) is 12.1 Å². The maximum atomic E-state index is 12.3. The second-order valence-electron chi connectivity index (χ2n) is 7.30. The predicted molar refractivity (Wildman–Crippen MR) is 127 cm³/mol. The van der Waals surface area contributed by atoms with Crippen LogP contribution < -0.4 is 5.32 Å². The van der Waals surface area contributed by atoms with Crippen LogP contribution in [0, 0.1) is 0 Å². The number of fused-ring (bicyclic) bond motifs is 1. The van der Waals surface area contributed by atoms with Gasteiger partial charge in [0.2, 0.25) is 5.91 Å². The maximum Gasteiger partial charge on any atom is 0.224 e. The van der Waals surface area contributed by atoms with Crippen LogP contribution >= 0.6 is 11.3 Å². The number of para-hydroxylation sites is 1. The van der Waals surface area contributed by atoms with E-state index in [1.54, 1.807) is 23.5 Å². The molecule has 1 N–H and O–H groups in total. The number of benzene rings is 3. The van der Waals surface area contributed by atoms with Gasteiger partial charge in [-0.15, -0.1) is 11.3 Å². The van der Waals surface area contributed by atoms with E-state index in [4.69, 9.17) is 0 Å². The minimum Gasteiger partial charge on any atom is -0.326 e. The second-order valence-corrected chi connectivity index (χ2v) is 10.5. The van der Waals surface area contributed by atoms with Crippen molar-refractivity contribution >= 4 is 43.0 Å². The van der Waals surface area contributed by atoms with Crippen molar-refractivity contribution < 1.29 is 13.2 Å². The van der Waals surface area contributed by atoms with Crippen molar-refractivity contribution in [2.24, 2.45) is 0 Å². The molecule has 3 aromatic carbocycles. The van der Waals surface area contributed by atoms with E-state index < -0.39 is 9.84 Å². The highest BCUT2D eigenvalue weighted by atomic mass is 32.2. The number of hydrogen-bond donors (Lipinski definition) is 1. The fraction of sp³-hybridized carbons (Fsp3) is 0.167. The molecule has 0 spiro atoms. The first-order valence-electron chi connectivity index (χ1n) is 9.99. The first-order chi connectivity index (χ1) is 15.0. The molecular formula is C24H22N2O3S2. The van der Waals surface area contributed by atoms with Crippen LogP contribution in [-0.2, 0) is 20.4 Å². The highest BCUT2D eigenvalue weighted by Crippen LogP contribution is 2.31. The van der Waals surface area contributed by atoms with Gasteiger partial charge in [-0.05, 0) is 36.2 Å². The van der Waals surface area contributed by atoms with Gasteiger partial charge in [0.25, 0.3) is 0 Å². The van der Waals surface area contributed by atoms with E-state index in [1.807, 2.05) is 66.7 Å². The topological polar surface area (TPSA) is 76.1 Å². The average molecular weight is 451 g/mol. The third-order valence-electron chi connectivity index (χ3n) is 4.78. The quantitative estimate of drug-likeness (QED) is 0.395. The van der Waals surface area contributed by atoms with E-state index in [0.717, 1.165) is 26.4 Å². The van der Waals surface area contributed by atoms with Gasteiger partial charge >= 0.3 is 0 Å². The fourth-order valence-corrected chi connectivity index (χ4v) is 5.69. The summed E-state index contributed by atoms with van der Waals surface area (Å²) < 4.78 is 25.7. The van der Waals surface area contributed by atoms with Gasteiger partial charge in [0.05, 0.1) is 21.7 Å². The fourth-order valence-electron chi connectivity index (χ4n) is 3.30. The Balaban J connectivity index is 1.33. The molecule has 0 aliphatic heterocycles. The Morgan fingerprint density at radius 3 is 2.52 bits per heavy atom. The molecule has 0 saturated heterocycles. The van der Waals surface area contributed by atoms with Crippen molar-refractivity contribution in [3.8, 4) is 10.6 Å². The summed E-state index contributed by atoms with van der Waals surface area (Å²) in [6.45, 7) is 0. The van der Waals surface area contributed by atoms with Gasteiger partial charge in [-0.1, -0.05) is 54.6 Å².